The first-order valence-electron chi connectivity index (χ1n) is 10.7. The SMILES string of the molecule is CC(C)C(NC(=O)Cc1ccc2ccccc2c1)C(=O)NCCCc1ccc(O)cc1. The van der Waals surface area contributed by atoms with Gasteiger partial charge in [-0.05, 0) is 52.8 Å². The number of carbonyl (C=O) groups is 2. The highest BCUT2D eigenvalue weighted by Crippen LogP contribution is 2.16. The normalized spacial score (nSPS) is 12.0. The topological polar surface area (TPSA) is 78.4 Å². The first-order chi connectivity index (χ1) is 14.9. The molecule has 0 bridgehead atoms. The van der Waals surface area contributed by atoms with Crippen molar-refractivity contribution in [1.82, 2.24) is 10.6 Å². The molecule has 3 N–H and O–H groups in total. The van der Waals surface area contributed by atoms with Crippen molar-refractivity contribution < 1.29 is 14.7 Å². The van der Waals surface area contributed by atoms with Gasteiger partial charge >= 0.3 is 0 Å². The third kappa shape index (κ3) is 6.57. The molecule has 3 rings (SSSR count). The molecule has 5 nitrogen and oxygen atoms in total. The van der Waals surface area contributed by atoms with Crippen molar-refractivity contribution in [3.8, 4) is 5.75 Å². The zero-order valence-corrected chi connectivity index (χ0v) is 18.1. The lowest BCUT2D eigenvalue weighted by atomic mass is 10.0. The molecule has 0 spiro atoms. The maximum Gasteiger partial charge on any atom is 0.242 e. The van der Waals surface area contributed by atoms with Crippen LogP contribution in [-0.2, 0) is 22.4 Å². The van der Waals surface area contributed by atoms with E-state index in [2.05, 4.69) is 10.6 Å². The van der Waals surface area contributed by atoms with E-state index in [1.165, 1.54) is 0 Å². The number of phenols is 1. The third-order valence-corrected chi connectivity index (χ3v) is 5.32. The fraction of sp³-hybridized carbons (Fsp3) is 0.308. The van der Waals surface area contributed by atoms with Gasteiger partial charge in [0.1, 0.15) is 11.8 Å². The predicted molar refractivity (Wildman–Crippen MR) is 124 cm³/mol. The highest BCUT2D eigenvalue weighted by molar-refractivity contribution is 5.89. The van der Waals surface area contributed by atoms with Crippen LogP contribution in [0.15, 0.2) is 66.7 Å². The number of amides is 2. The number of rotatable bonds is 9. The molecule has 2 amide bonds. The van der Waals surface area contributed by atoms with Gasteiger partial charge in [0, 0.05) is 6.54 Å². The van der Waals surface area contributed by atoms with Crippen LogP contribution >= 0.6 is 0 Å². The summed E-state index contributed by atoms with van der Waals surface area (Å²) in [5.41, 5.74) is 2.03. The minimum absolute atomic E-state index is 0.0161. The summed E-state index contributed by atoms with van der Waals surface area (Å²) in [6, 6.07) is 20.5. The molecule has 1 atom stereocenters. The Balaban J connectivity index is 1.49. The monoisotopic (exact) mass is 418 g/mol. The molecule has 0 heterocycles. The summed E-state index contributed by atoms with van der Waals surface area (Å²) in [6.07, 6.45) is 1.83. The standard InChI is InChI=1S/C26H30N2O3/c1-18(2)25(26(31)27-15-5-6-19-10-13-23(29)14-11-19)28-24(30)17-20-9-12-21-7-3-4-8-22(21)16-20/h3-4,7-14,16,18,25,29H,5-6,15,17H2,1-2H3,(H,27,31)(H,28,30). The van der Waals surface area contributed by atoms with E-state index >= 15 is 0 Å². The summed E-state index contributed by atoms with van der Waals surface area (Å²) in [4.78, 5) is 25.2. The molecule has 0 aliphatic heterocycles. The lowest BCUT2D eigenvalue weighted by Crippen LogP contribution is -2.50. The molecule has 31 heavy (non-hydrogen) atoms. The molecule has 162 valence electrons. The van der Waals surface area contributed by atoms with Crippen LogP contribution in [0, 0.1) is 5.92 Å². The number of phenolic OH excluding ortho intramolecular Hbond substituents is 1. The van der Waals surface area contributed by atoms with Crippen LogP contribution in [0.3, 0.4) is 0 Å². The van der Waals surface area contributed by atoms with Gasteiger partial charge in [0.2, 0.25) is 11.8 Å². The van der Waals surface area contributed by atoms with Crippen molar-refractivity contribution in [1.29, 1.82) is 0 Å². The van der Waals surface area contributed by atoms with Crippen molar-refractivity contribution in [2.75, 3.05) is 6.54 Å². The predicted octanol–water partition coefficient (Wildman–Crippen LogP) is 3.98. The average Bonchev–Trinajstić information content (AvgIpc) is 2.76. The lowest BCUT2D eigenvalue weighted by Gasteiger charge is -2.22. The van der Waals surface area contributed by atoms with E-state index in [1.807, 2.05) is 68.4 Å². The Hall–Kier alpha value is -3.34. The Bertz CT molecular complexity index is 1030. The minimum Gasteiger partial charge on any atom is -0.508 e. The number of hydrogen-bond donors (Lipinski definition) is 3. The van der Waals surface area contributed by atoms with Crippen molar-refractivity contribution in [2.24, 2.45) is 5.92 Å². The Labute approximate surface area is 183 Å². The summed E-state index contributed by atoms with van der Waals surface area (Å²) in [7, 11) is 0. The van der Waals surface area contributed by atoms with Crippen molar-refractivity contribution in [3.05, 3.63) is 77.9 Å². The number of fused-ring (bicyclic) bond motifs is 1. The third-order valence-electron chi connectivity index (χ3n) is 5.32. The number of aromatic hydroxyl groups is 1. The summed E-state index contributed by atoms with van der Waals surface area (Å²) >= 11 is 0. The highest BCUT2D eigenvalue weighted by Gasteiger charge is 2.23. The summed E-state index contributed by atoms with van der Waals surface area (Å²) in [6.45, 7) is 4.39. The molecule has 0 radical (unpaired) electrons. The van der Waals surface area contributed by atoms with E-state index in [-0.39, 0.29) is 29.9 Å². The molecule has 0 aliphatic rings. The second kappa shape index (κ2) is 10.6. The van der Waals surface area contributed by atoms with Gasteiger partial charge in [-0.25, -0.2) is 0 Å². The molecule has 5 heteroatoms. The quantitative estimate of drug-likeness (QED) is 0.460. The van der Waals surface area contributed by atoms with Crippen LogP contribution in [0.2, 0.25) is 0 Å². The zero-order valence-electron chi connectivity index (χ0n) is 18.1. The van der Waals surface area contributed by atoms with Crippen LogP contribution < -0.4 is 10.6 Å². The molecule has 0 aromatic heterocycles. The Morgan fingerprint density at radius 3 is 2.29 bits per heavy atom. The fourth-order valence-electron chi connectivity index (χ4n) is 3.57. The number of benzene rings is 3. The smallest absolute Gasteiger partial charge is 0.242 e. The maximum atomic E-state index is 12.6. The molecular weight excluding hydrogens is 388 g/mol. The van der Waals surface area contributed by atoms with Crippen molar-refractivity contribution in [3.63, 3.8) is 0 Å². The Kier molecular flexibility index (Phi) is 7.65. The summed E-state index contributed by atoms with van der Waals surface area (Å²) in [5, 5.41) is 17.4. The van der Waals surface area contributed by atoms with E-state index < -0.39 is 6.04 Å². The summed E-state index contributed by atoms with van der Waals surface area (Å²) in [5.74, 6) is -0.0882. The van der Waals surface area contributed by atoms with Gasteiger partial charge in [0.05, 0.1) is 6.42 Å². The van der Waals surface area contributed by atoms with Crippen LogP contribution in [0.1, 0.15) is 31.4 Å². The molecule has 0 aliphatic carbocycles. The van der Waals surface area contributed by atoms with E-state index in [0.29, 0.717) is 6.54 Å². The number of hydrogen-bond acceptors (Lipinski definition) is 3. The van der Waals surface area contributed by atoms with Crippen LogP contribution in [0.5, 0.6) is 5.75 Å². The van der Waals surface area contributed by atoms with E-state index in [4.69, 9.17) is 0 Å². The fourth-order valence-corrected chi connectivity index (χ4v) is 3.57. The number of nitrogens with one attached hydrogen (secondary N) is 2. The van der Waals surface area contributed by atoms with E-state index in [0.717, 1.165) is 34.7 Å². The minimum atomic E-state index is -0.568. The van der Waals surface area contributed by atoms with Crippen molar-refractivity contribution in [2.45, 2.75) is 39.2 Å². The van der Waals surface area contributed by atoms with Crippen LogP contribution in [0.25, 0.3) is 10.8 Å². The van der Waals surface area contributed by atoms with Gasteiger partial charge in [-0.1, -0.05) is 68.4 Å². The van der Waals surface area contributed by atoms with Gasteiger partial charge < -0.3 is 15.7 Å². The molecular formula is C26H30N2O3. The van der Waals surface area contributed by atoms with Gasteiger partial charge in [0.15, 0.2) is 0 Å². The first-order valence-corrected chi connectivity index (χ1v) is 10.7. The molecule has 1 unspecified atom stereocenters. The second-order valence-electron chi connectivity index (χ2n) is 8.21. The van der Waals surface area contributed by atoms with Crippen molar-refractivity contribution >= 4 is 22.6 Å². The average molecular weight is 419 g/mol. The van der Waals surface area contributed by atoms with Gasteiger partial charge in [-0.3, -0.25) is 9.59 Å². The van der Waals surface area contributed by atoms with Gasteiger partial charge in [0.25, 0.3) is 0 Å². The molecule has 0 saturated carbocycles. The van der Waals surface area contributed by atoms with E-state index in [1.54, 1.807) is 12.1 Å². The Morgan fingerprint density at radius 2 is 1.58 bits per heavy atom. The number of aryl methyl sites for hydroxylation is 1. The van der Waals surface area contributed by atoms with Gasteiger partial charge in [-0.2, -0.15) is 0 Å². The largest absolute Gasteiger partial charge is 0.508 e. The zero-order chi connectivity index (χ0) is 22.2. The van der Waals surface area contributed by atoms with Gasteiger partial charge in [-0.15, -0.1) is 0 Å². The molecule has 3 aromatic carbocycles. The van der Waals surface area contributed by atoms with Crippen LogP contribution in [-0.4, -0.2) is 29.5 Å². The molecule has 3 aromatic rings. The molecule has 0 fully saturated rings. The Morgan fingerprint density at radius 1 is 0.903 bits per heavy atom. The van der Waals surface area contributed by atoms with Crippen LogP contribution in [0.4, 0.5) is 0 Å². The highest BCUT2D eigenvalue weighted by atomic mass is 16.3. The summed E-state index contributed by atoms with van der Waals surface area (Å²) < 4.78 is 0. The molecule has 0 saturated heterocycles. The first kappa shape index (κ1) is 22.3. The lowest BCUT2D eigenvalue weighted by molar-refractivity contribution is -0.129. The number of carbonyl (C=O) groups excluding carboxylic acids is 2. The van der Waals surface area contributed by atoms with E-state index in [9.17, 15) is 14.7 Å². The maximum absolute atomic E-state index is 12.6. The second-order valence-corrected chi connectivity index (χ2v) is 8.21.